The van der Waals surface area contributed by atoms with E-state index in [2.05, 4.69) is 43.8 Å². The van der Waals surface area contributed by atoms with Crippen molar-refractivity contribution in [3.05, 3.63) is 71.7 Å². The Balaban J connectivity index is 2.04. The molecule has 0 radical (unpaired) electrons. The Morgan fingerprint density at radius 2 is 1.90 bits per heavy atom. The van der Waals surface area contributed by atoms with E-state index < -0.39 is 4.92 Å². The SMILES string of the molecule is O=C(NCc1ccc([N+](=O)[O-])cc1)c1cc(Br)ccc1I. The maximum absolute atomic E-state index is 12.1. The molecule has 0 spiro atoms. The summed E-state index contributed by atoms with van der Waals surface area (Å²) in [4.78, 5) is 22.2. The van der Waals surface area contributed by atoms with Gasteiger partial charge in [0.1, 0.15) is 0 Å². The number of hydrogen-bond acceptors (Lipinski definition) is 3. The molecule has 2 rings (SSSR count). The molecule has 0 aliphatic carbocycles. The van der Waals surface area contributed by atoms with Crippen LogP contribution in [0.25, 0.3) is 0 Å². The number of nitrogens with one attached hydrogen (secondary N) is 1. The second kappa shape index (κ2) is 6.99. The van der Waals surface area contributed by atoms with Gasteiger partial charge in [0.05, 0.1) is 10.5 Å². The minimum absolute atomic E-state index is 0.0339. The summed E-state index contributed by atoms with van der Waals surface area (Å²) in [5, 5.41) is 13.4. The second-order valence-corrected chi connectivity index (χ2v) is 6.31. The number of carbonyl (C=O) groups is 1. The summed E-state index contributed by atoms with van der Waals surface area (Å²) in [5.41, 5.74) is 1.43. The van der Waals surface area contributed by atoms with Crippen molar-refractivity contribution in [2.24, 2.45) is 0 Å². The van der Waals surface area contributed by atoms with E-state index in [4.69, 9.17) is 0 Å². The molecule has 0 atom stereocenters. The number of non-ortho nitro benzene ring substituents is 1. The van der Waals surface area contributed by atoms with E-state index in [1.54, 1.807) is 18.2 Å². The number of benzene rings is 2. The number of rotatable bonds is 4. The molecule has 0 aromatic heterocycles. The molecule has 1 N–H and O–H groups in total. The molecule has 0 saturated heterocycles. The molecule has 0 unspecified atom stereocenters. The van der Waals surface area contributed by atoms with Gasteiger partial charge in [0.25, 0.3) is 11.6 Å². The predicted molar refractivity (Wildman–Crippen MR) is 91.1 cm³/mol. The molecule has 0 aliphatic heterocycles. The number of halogens is 2. The van der Waals surface area contributed by atoms with Gasteiger partial charge in [0, 0.05) is 26.7 Å². The van der Waals surface area contributed by atoms with Gasteiger partial charge in [0.2, 0.25) is 0 Å². The highest BCUT2D eigenvalue weighted by Crippen LogP contribution is 2.18. The summed E-state index contributed by atoms with van der Waals surface area (Å²) in [7, 11) is 0. The Labute approximate surface area is 143 Å². The van der Waals surface area contributed by atoms with E-state index in [1.165, 1.54) is 12.1 Å². The van der Waals surface area contributed by atoms with Crippen molar-refractivity contribution in [2.45, 2.75) is 6.54 Å². The van der Waals surface area contributed by atoms with Gasteiger partial charge in [-0.1, -0.05) is 28.1 Å². The van der Waals surface area contributed by atoms with Crippen LogP contribution in [0.1, 0.15) is 15.9 Å². The molecule has 0 aliphatic rings. The average Bonchev–Trinajstić information content (AvgIpc) is 2.47. The summed E-state index contributed by atoms with van der Waals surface area (Å²) in [5.74, 6) is -0.181. The first-order valence-electron chi connectivity index (χ1n) is 5.94. The van der Waals surface area contributed by atoms with Crippen LogP contribution >= 0.6 is 38.5 Å². The van der Waals surface area contributed by atoms with Gasteiger partial charge in [-0.3, -0.25) is 14.9 Å². The number of nitro groups is 1. The average molecular weight is 461 g/mol. The highest BCUT2D eigenvalue weighted by atomic mass is 127. The molecule has 7 heteroatoms. The van der Waals surface area contributed by atoms with Crippen LogP contribution in [-0.4, -0.2) is 10.8 Å². The molecule has 0 saturated carbocycles. The van der Waals surface area contributed by atoms with Gasteiger partial charge in [-0.15, -0.1) is 0 Å². The van der Waals surface area contributed by atoms with Crippen molar-refractivity contribution < 1.29 is 9.72 Å². The topological polar surface area (TPSA) is 72.2 Å². The van der Waals surface area contributed by atoms with Gasteiger partial charge in [-0.2, -0.15) is 0 Å². The summed E-state index contributed by atoms with van der Waals surface area (Å²) < 4.78 is 1.69. The zero-order valence-corrected chi connectivity index (χ0v) is 14.4. The predicted octanol–water partition coefficient (Wildman–Crippen LogP) is 3.89. The number of nitrogens with zero attached hydrogens (tertiary/aromatic N) is 1. The molecule has 108 valence electrons. The van der Waals surface area contributed by atoms with Crippen LogP contribution in [0.5, 0.6) is 0 Å². The fourth-order valence-corrected chi connectivity index (χ4v) is 2.63. The third-order valence-electron chi connectivity index (χ3n) is 2.77. The van der Waals surface area contributed by atoms with E-state index in [-0.39, 0.29) is 11.6 Å². The van der Waals surface area contributed by atoms with Crippen LogP contribution in [0.2, 0.25) is 0 Å². The fraction of sp³-hybridized carbons (Fsp3) is 0.0714. The lowest BCUT2D eigenvalue weighted by Gasteiger charge is -2.07. The van der Waals surface area contributed by atoms with Gasteiger partial charge in [0.15, 0.2) is 0 Å². The lowest BCUT2D eigenvalue weighted by atomic mass is 10.2. The normalized spacial score (nSPS) is 10.2. The fourth-order valence-electron chi connectivity index (χ4n) is 1.68. The van der Waals surface area contributed by atoms with E-state index in [1.807, 2.05) is 12.1 Å². The van der Waals surface area contributed by atoms with E-state index in [0.29, 0.717) is 12.1 Å². The maximum atomic E-state index is 12.1. The van der Waals surface area contributed by atoms with Crippen LogP contribution < -0.4 is 5.32 Å². The molecule has 1 amide bonds. The molecule has 0 bridgehead atoms. The minimum Gasteiger partial charge on any atom is -0.348 e. The molecule has 2 aromatic carbocycles. The molecular formula is C14H10BrIN2O3. The van der Waals surface area contributed by atoms with Gasteiger partial charge in [-0.25, -0.2) is 0 Å². The van der Waals surface area contributed by atoms with Crippen molar-refractivity contribution >= 4 is 50.1 Å². The Morgan fingerprint density at radius 3 is 2.52 bits per heavy atom. The molecule has 0 heterocycles. The van der Waals surface area contributed by atoms with Crippen LogP contribution in [0, 0.1) is 13.7 Å². The van der Waals surface area contributed by atoms with Gasteiger partial charge >= 0.3 is 0 Å². The highest BCUT2D eigenvalue weighted by Gasteiger charge is 2.10. The van der Waals surface area contributed by atoms with Crippen LogP contribution in [0.15, 0.2) is 46.9 Å². The quantitative estimate of drug-likeness (QED) is 0.427. The van der Waals surface area contributed by atoms with Gasteiger partial charge < -0.3 is 5.32 Å². The molecule has 21 heavy (non-hydrogen) atoms. The lowest BCUT2D eigenvalue weighted by Crippen LogP contribution is -2.23. The number of nitro benzene ring substituents is 1. The van der Waals surface area contributed by atoms with Gasteiger partial charge in [-0.05, 0) is 46.4 Å². The highest BCUT2D eigenvalue weighted by molar-refractivity contribution is 14.1. The van der Waals surface area contributed by atoms with E-state index >= 15 is 0 Å². The maximum Gasteiger partial charge on any atom is 0.269 e. The summed E-state index contributed by atoms with van der Waals surface area (Å²) in [6.07, 6.45) is 0. The largest absolute Gasteiger partial charge is 0.348 e. The standard InChI is InChI=1S/C14H10BrIN2O3/c15-10-3-6-13(16)12(7-10)14(19)17-8-9-1-4-11(5-2-9)18(20)21/h1-7H,8H2,(H,17,19). The first-order chi connectivity index (χ1) is 9.97. The Bertz CT molecular complexity index is 689. The third kappa shape index (κ3) is 4.24. The lowest BCUT2D eigenvalue weighted by molar-refractivity contribution is -0.384. The molecular weight excluding hydrogens is 451 g/mol. The number of carbonyl (C=O) groups excluding carboxylic acids is 1. The summed E-state index contributed by atoms with van der Waals surface area (Å²) in [6.45, 7) is 0.319. The van der Waals surface area contributed by atoms with Crippen molar-refractivity contribution in [1.29, 1.82) is 0 Å². The second-order valence-electron chi connectivity index (χ2n) is 4.23. The zero-order chi connectivity index (χ0) is 15.4. The van der Waals surface area contributed by atoms with Crippen LogP contribution in [0.4, 0.5) is 5.69 Å². The summed E-state index contributed by atoms with van der Waals surface area (Å²) >= 11 is 5.44. The Morgan fingerprint density at radius 1 is 1.24 bits per heavy atom. The summed E-state index contributed by atoms with van der Waals surface area (Å²) in [6, 6.07) is 11.6. The minimum atomic E-state index is -0.452. The smallest absolute Gasteiger partial charge is 0.269 e. The third-order valence-corrected chi connectivity index (χ3v) is 4.21. The van der Waals surface area contributed by atoms with E-state index in [9.17, 15) is 14.9 Å². The van der Waals surface area contributed by atoms with Crippen molar-refractivity contribution in [3.63, 3.8) is 0 Å². The first kappa shape index (κ1) is 15.9. The Kier molecular flexibility index (Phi) is 5.29. The molecule has 2 aromatic rings. The Hall–Kier alpha value is -1.48. The number of hydrogen-bond donors (Lipinski definition) is 1. The molecule has 0 fully saturated rings. The monoisotopic (exact) mass is 460 g/mol. The van der Waals surface area contributed by atoms with Crippen molar-refractivity contribution in [1.82, 2.24) is 5.32 Å². The zero-order valence-electron chi connectivity index (χ0n) is 10.7. The number of amides is 1. The van der Waals surface area contributed by atoms with E-state index in [0.717, 1.165) is 13.6 Å². The van der Waals surface area contributed by atoms with Crippen molar-refractivity contribution in [2.75, 3.05) is 0 Å². The van der Waals surface area contributed by atoms with Crippen LogP contribution in [-0.2, 0) is 6.54 Å². The molecule has 5 nitrogen and oxygen atoms in total. The van der Waals surface area contributed by atoms with Crippen LogP contribution in [0.3, 0.4) is 0 Å². The van der Waals surface area contributed by atoms with Crippen molar-refractivity contribution in [3.8, 4) is 0 Å². The first-order valence-corrected chi connectivity index (χ1v) is 7.81.